The molecule has 1 N–H and O–H groups in total. The van der Waals surface area contributed by atoms with E-state index in [-0.39, 0.29) is 90.2 Å². The highest BCUT2D eigenvalue weighted by atomic mass is 32.1. The molecule has 5 rings (SSSR count). The fraction of sp³-hybridized carbons (Fsp3) is 0.690. The Labute approximate surface area is 277 Å². The number of carbonyl (C=O) groups excluding carboxylic acids is 3. The number of likely N-dealkylation sites (tertiary alicyclic amines) is 2. The maximum Gasteiger partial charge on any atom is 0.251 e. The Bertz CT molecular complexity index is 1010. The van der Waals surface area contributed by atoms with Crippen LogP contribution in [0.3, 0.4) is 0 Å². The van der Waals surface area contributed by atoms with Gasteiger partial charge in [0.05, 0.1) is 13.2 Å². The summed E-state index contributed by atoms with van der Waals surface area (Å²) in [4.78, 5) is 43.8. The zero-order valence-electron chi connectivity index (χ0n) is 24.6. The van der Waals surface area contributed by atoms with Crippen molar-refractivity contribution in [2.24, 2.45) is 5.92 Å². The molecule has 2 amide bonds. The summed E-state index contributed by atoms with van der Waals surface area (Å²) in [6, 6.07) is 6.57. The zero-order valence-corrected chi connectivity index (χ0v) is 28.6. The average molecular weight is 664 g/mol. The molecule has 0 bridgehead atoms. The second-order valence-electron chi connectivity index (χ2n) is 11.2. The summed E-state index contributed by atoms with van der Waals surface area (Å²) in [7, 11) is 3.31. The summed E-state index contributed by atoms with van der Waals surface area (Å²) >= 11 is 0. The molecule has 4 aliphatic rings. The van der Waals surface area contributed by atoms with Crippen LogP contribution in [0.1, 0.15) is 60.4 Å². The van der Waals surface area contributed by atoms with Crippen LogP contribution >= 0.6 is 54.0 Å². The van der Waals surface area contributed by atoms with Gasteiger partial charge < -0.3 is 29.3 Å². The van der Waals surface area contributed by atoms with Crippen molar-refractivity contribution in [2.75, 3.05) is 53.6 Å². The van der Waals surface area contributed by atoms with Gasteiger partial charge in [-0.15, -0.1) is 0 Å². The first-order valence-corrected chi connectivity index (χ1v) is 14.1. The van der Waals surface area contributed by atoms with E-state index >= 15 is 0 Å². The molecular weight excluding hydrogens is 615 g/mol. The number of carbonyl (C=O) groups is 3. The standard InChI is InChI=1S/C29H41N3O6.4H2S/c1-36-16-15-31-13-11-20(12-14-31)19-7-9-22(10-8-19)28(34)30-25(21-5-3-4-6-21)29(35)32-17-24(37-2)27-26(32)23(33)18-38-27;;;;/h7-10,20-21,24-27H,3-6,11-18H2,1-2H3,(H,30,34);4*1H2/t24-,25-,26+,27+;;;;/m0..../s1. The molecule has 13 heteroatoms. The van der Waals surface area contributed by atoms with E-state index in [0.717, 1.165) is 64.8 Å². The van der Waals surface area contributed by atoms with Gasteiger partial charge in [0, 0.05) is 26.3 Å². The summed E-state index contributed by atoms with van der Waals surface area (Å²) in [6.45, 7) is 4.13. The third kappa shape index (κ3) is 8.62. The molecule has 3 aliphatic heterocycles. The van der Waals surface area contributed by atoms with Gasteiger partial charge in [-0.3, -0.25) is 14.4 Å². The smallest absolute Gasteiger partial charge is 0.251 e. The third-order valence-electron chi connectivity index (χ3n) is 8.99. The predicted molar refractivity (Wildman–Crippen MR) is 183 cm³/mol. The van der Waals surface area contributed by atoms with Crippen LogP contribution in [0.5, 0.6) is 0 Å². The van der Waals surface area contributed by atoms with Gasteiger partial charge in [-0.1, -0.05) is 25.0 Å². The van der Waals surface area contributed by atoms with Crippen LogP contribution < -0.4 is 5.32 Å². The van der Waals surface area contributed by atoms with Gasteiger partial charge in [0.15, 0.2) is 5.78 Å². The maximum absolute atomic E-state index is 13.8. The largest absolute Gasteiger partial charge is 0.383 e. The number of rotatable bonds is 9. The second kappa shape index (κ2) is 18.1. The molecule has 1 aromatic carbocycles. The van der Waals surface area contributed by atoms with Crippen LogP contribution in [0, 0.1) is 5.92 Å². The number of nitrogens with one attached hydrogen (secondary N) is 1. The molecule has 0 spiro atoms. The molecule has 4 atom stereocenters. The van der Waals surface area contributed by atoms with Gasteiger partial charge in [-0.25, -0.2) is 0 Å². The van der Waals surface area contributed by atoms with Crippen molar-refractivity contribution in [3.8, 4) is 0 Å². The Morgan fingerprint density at radius 3 is 2.24 bits per heavy atom. The van der Waals surface area contributed by atoms with Crippen molar-refractivity contribution in [1.29, 1.82) is 0 Å². The van der Waals surface area contributed by atoms with Crippen molar-refractivity contribution in [2.45, 2.75) is 68.7 Å². The number of hydrogen-bond acceptors (Lipinski definition) is 7. The molecule has 9 nitrogen and oxygen atoms in total. The first-order valence-electron chi connectivity index (χ1n) is 14.1. The Balaban J connectivity index is 0.00000220. The molecule has 3 heterocycles. The monoisotopic (exact) mass is 663 g/mol. The fourth-order valence-corrected chi connectivity index (χ4v) is 6.74. The van der Waals surface area contributed by atoms with Gasteiger partial charge in [0.25, 0.3) is 5.91 Å². The number of fused-ring (bicyclic) bond motifs is 1. The van der Waals surface area contributed by atoms with E-state index in [1.54, 1.807) is 19.1 Å². The number of ketones is 1. The highest BCUT2D eigenvalue weighted by Gasteiger charge is 2.54. The minimum absolute atomic E-state index is 0. The topological polar surface area (TPSA) is 97.4 Å². The number of Topliss-reactive ketones (excluding diaryl/α,β-unsaturated/α-hetero) is 1. The Morgan fingerprint density at radius 2 is 1.64 bits per heavy atom. The van der Waals surface area contributed by atoms with Crippen molar-refractivity contribution in [3.05, 3.63) is 35.4 Å². The molecule has 1 aliphatic carbocycles. The number of hydrogen-bond donors (Lipinski definition) is 1. The minimum atomic E-state index is -0.661. The van der Waals surface area contributed by atoms with Crippen LogP contribution in [0.25, 0.3) is 0 Å². The van der Waals surface area contributed by atoms with E-state index in [2.05, 4.69) is 22.3 Å². The summed E-state index contributed by atoms with van der Waals surface area (Å²) < 4.78 is 16.4. The quantitative estimate of drug-likeness (QED) is 0.434. The highest BCUT2D eigenvalue weighted by molar-refractivity contribution is 7.59. The molecular formula is C29H49N3O6S4. The molecule has 3 saturated heterocycles. The summed E-state index contributed by atoms with van der Waals surface area (Å²) in [5.74, 6) is 0.00691. The molecule has 1 saturated carbocycles. The van der Waals surface area contributed by atoms with Gasteiger partial charge in [-0.2, -0.15) is 54.0 Å². The van der Waals surface area contributed by atoms with E-state index in [1.807, 2.05) is 12.1 Å². The number of amides is 2. The normalized spacial score (nSPS) is 25.0. The van der Waals surface area contributed by atoms with Crippen LogP contribution in [-0.4, -0.2) is 105 Å². The number of nitrogens with zero attached hydrogens (tertiary/aromatic N) is 2. The SMILES string of the molecule is COCCN1CCC(c2ccc(C(=O)N[C@H](C(=O)N3C[C@H](OC)[C@H]4OCC(=O)[C@H]43)C3CCCC3)cc2)CC1.S.S.S.S. The number of methoxy groups -OCH3 is 2. The summed E-state index contributed by atoms with van der Waals surface area (Å²) in [5.41, 5.74) is 1.81. The third-order valence-corrected chi connectivity index (χ3v) is 8.99. The molecule has 4 fully saturated rings. The Morgan fingerprint density at radius 1 is 1.00 bits per heavy atom. The van der Waals surface area contributed by atoms with Crippen molar-refractivity contribution >= 4 is 71.6 Å². The second-order valence-corrected chi connectivity index (χ2v) is 11.2. The lowest BCUT2D eigenvalue weighted by atomic mass is 9.89. The maximum atomic E-state index is 13.8. The van der Waals surface area contributed by atoms with E-state index < -0.39 is 18.2 Å². The average Bonchev–Trinajstić information content (AvgIpc) is 3.69. The minimum Gasteiger partial charge on any atom is -0.383 e. The predicted octanol–water partition coefficient (Wildman–Crippen LogP) is 2.45. The van der Waals surface area contributed by atoms with E-state index in [4.69, 9.17) is 14.2 Å². The first-order chi connectivity index (χ1) is 18.5. The number of piperidine rings is 1. The van der Waals surface area contributed by atoms with Crippen LogP contribution in [0.4, 0.5) is 0 Å². The highest BCUT2D eigenvalue weighted by Crippen LogP contribution is 2.34. The molecule has 0 unspecified atom stereocenters. The molecule has 42 heavy (non-hydrogen) atoms. The van der Waals surface area contributed by atoms with Crippen LogP contribution in [-0.2, 0) is 23.8 Å². The van der Waals surface area contributed by atoms with Crippen LogP contribution in [0.15, 0.2) is 24.3 Å². The Hall–Kier alpha value is -0.930. The lowest BCUT2D eigenvalue weighted by molar-refractivity contribution is -0.139. The molecule has 0 radical (unpaired) electrons. The number of benzene rings is 1. The van der Waals surface area contributed by atoms with Crippen molar-refractivity contribution in [3.63, 3.8) is 0 Å². The van der Waals surface area contributed by atoms with Gasteiger partial charge in [0.1, 0.15) is 30.9 Å². The first kappa shape index (κ1) is 39.1. The van der Waals surface area contributed by atoms with Crippen LogP contribution in [0.2, 0.25) is 0 Å². The lowest BCUT2D eigenvalue weighted by Crippen LogP contribution is -2.54. The zero-order chi connectivity index (χ0) is 26.6. The van der Waals surface area contributed by atoms with E-state index in [9.17, 15) is 14.4 Å². The van der Waals surface area contributed by atoms with Crippen molar-refractivity contribution < 1.29 is 28.6 Å². The number of ether oxygens (including phenoxy) is 3. The van der Waals surface area contributed by atoms with Gasteiger partial charge >= 0.3 is 0 Å². The molecule has 1 aromatic rings. The molecule has 240 valence electrons. The van der Waals surface area contributed by atoms with Crippen molar-refractivity contribution in [1.82, 2.24) is 15.1 Å². The van der Waals surface area contributed by atoms with Gasteiger partial charge in [0.2, 0.25) is 5.91 Å². The lowest BCUT2D eigenvalue weighted by Gasteiger charge is -2.32. The summed E-state index contributed by atoms with van der Waals surface area (Å²) in [5, 5.41) is 3.06. The summed E-state index contributed by atoms with van der Waals surface area (Å²) in [6.07, 6.45) is 5.27. The Kier molecular flexibility index (Phi) is 16.9. The fourth-order valence-electron chi connectivity index (χ4n) is 6.74. The van der Waals surface area contributed by atoms with E-state index in [1.165, 1.54) is 5.56 Å². The van der Waals surface area contributed by atoms with Gasteiger partial charge in [-0.05, 0) is 68.3 Å². The molecule has 0 aromatic heterocycles. The van der Waals surface area contributed by atoms with E-state index in [0.29, 0.717) is 18.0 Å².